The Labute approximate surface area is 81.3 Å². The Morgan fingerprint density at radius 2 is 2.23 bits per heavy atom. The van der Waals surface area contributed by atoms with E-state index in [1.54, 1.807) is 0 Å². The molecule has 0 unspecified atom stereocenters. The second-order valence-corrected chi connectivity index (χ2v) is 4.69. The Morgan fingerprint density at radius 3 is 2.77 bits per heavy atom. The van der Waals surface area contributed by atoms with E-state index >= 15 is 0 Å². The highest BCUT2D eigenvalue weighted by Crippen LogP contribution is 2.17. The summed E-state index contributed by atoms with van der Waals surface area (Å²) in [6, 6.07) is 0. The molecule has 1 heterocycles. The first-order valence-corrected chi connectivity index (χ1v) is 5.37. The molecule has 0 aliphatic carbocycles. The van der Waals surface area contributed by atoms with Crippen LogP contribution in [0.1, 0.15) is 40.0 Å². The van der Waals surface area contributed by atoms with Crippen LogP contribution in [0.3, 0.4) is 0 Å². The van der Waals surface area contributed by atoms with Crippen molar-refractivity contribution in [1.82, 2.24) is 4.90 Å². The van der Waals surface area contributed by atoms with Crippen LogP contribution in [-0.2, 0) is 4.79 Å². The molecule has 1 rings (SSSR count). The number of carbonyl (C=O) groups is 1. The summed E-state index contributed by atoms with van der Waals surface area (Å²) in [5.41, 5.74) is 0. The summed E-state index contributed by atoms with van der Waals surface area (Å²) in [7, 11) is 0. The van der Waals surface area contributed by atoms with E-state index in [2.05, 4.69) is 20.8 Å². The number of amides is 1. The molecule has 0 aromatic rings. The normalized spacial score (nSPS) is 23.7. The zero-order valence-corrected chi connectivity index (χ0v) is 9.05. The van der Waals surface area contributed by atoms with Crippen molar-refractivity contribution in [3.8, 4) is 0 Å². The van der Waals surface area contributed by atoms with E-state index in [0.717, 1.165) is 13.1 Å². The molecule has 1 saturated heterocycles. The molecule has 0 saturated carbocycles. The molecule has 2 heteroatoms. The minimum atomic E-state index is 0.349. The van der Waals surface area contributed by atoms with Crippen molar-refractivity contribution in [2.75, 3.05) is 13.1 Å². The van der Waals surface area contributed by atoms with E-state index in [4.69, 9.17) is 0 Å². The molecule has 0 aromatic heterocycles. The molecule has 0 radical (unpaired) electrons. The van der Waals surface area contributed by atoms with Crippen molar-refractivity contribution in [1.29, 1.82) is 0 Å². The molecule has 76 valence electrons. The van der Waals surface area contributed by atoms with Crippen LogP contribution in [0, 0.1) is 11.8 Å². The fraction of sp³-hybridized carbons (Fsp3) is 0.909. The highest BCUT2D eigenvalue weighted by molar-refractivity contribution is 5.76. The number of nitrogens with zero attached hydrogens (tertiary/aromatic N) is 1. The monoisotopic (exact) mass is 183 g/mol. The average Bonchev–Trinajstić information content (AvgIpc) is 2.03. The van der Waals surface area contributed by atoms with Crippen LogP contribution < -0.4 is 0 Å². The summed E-state index contributed by atoms with van der Waals surface area (Å²) in [6.45, 7) is 8.40. The van der Waals surface area contributed by atoms with Gasteiger partial charge < -0.3 is 4.90 Å². The zero-order valence-electron chi connectivity index (χ0n) is 9.05. The molecule has 0 spiro atoms. The van der Waals surface area contributed by atoms with Crippen molar-refractivity contribution in [3.63, 3.8) is 0 Å². The van der Waals surface area contributed by atoms with Crippen LogP contribution in [0.5, 0.6) is 0 Å². The molecule has 0 bridgehead atoms. The Kier molecular flexibility index (Phi) is 3.76. The largest absolute Gasteiger partial charge is 0.342 e. The number of likely N-dealkylation sites (tertiary alicyclic amines) is 1. The lowest BCUT2D eigenvalue weighted by molar-refractivity contribution is -0.133. The fourth-order valence-electron chi connectivity index (χ4n) is 1.89. The van der Waals surface area contributed by atoms with E-state index < -0.39 is 0 Å². The van der Waals surface area contributed by atoms with Gasteiger partial charge in [0.2, 0.25) is 5.91 Å². The van der Waals surface area contributed by atoms with E-state index in [9.17, 15) is 4.79 Å². The first kappa shape index (κ1) is 10.6. The van der Waals surface area contributed by atoms with E-state index in [0.29, 0.717) is 24.2 Å². The van der Waals surface area contributed by atoms with E-state index in [1.165, 1.54) is 12.8 Å². The first-order chi connectivity index (χ1) is 6.09. The Morgan fingerprint density at radius 1 is 1.54 bits per heavy atom. The van der Waals surface area contributed by atoms with Gasteiger partial charge in [-0.15, -0.1) is 0 Å². The number of carbonyl (C=O) groups excluding carboxylic acids is 1. The van der Waals surface area contributed by atoms with Gasteiger partial charge in [0, 0.05) is 19.5 Å². The number of hydrogen-bond acceptors (Lipinski definition) is 1. The summed E-state index contributed by atoms with van der Waals surface area (Å²) in [4.78, 5) is 13.7. The van der Waals surface area contributed by atoms with Crippen LogP contribution in [0.15, 0.2) is 0 Å². The molecule has 0 aromatic carbocycles. The van der Waals surface area contributed by atoms with Gasteiger partial charge in [-0.3, -0.25) is 4.79 Å². The summed E-state index contributed by atoms with van der Waals surface area (Å²) < 4.78 is 0. The van der Waals surface area contributed by atoms with Gasteiger partial charge in [0.25, 0.3) is 0 Å². The third kappa shape index (κ3) is 3.37. The Hall–Kier alpha value is -0.530. The van der Waals surface area contributed by atoms with Crippen molar-refractivity contribution in [3.05, 3.63) is 0 Å². The lowest BCUT2D eigenvalue weighted by Crippen LogP contribution is -2.39. The van der Waals surface area contributed by atoms with Crippen LogP contribution in [0.2, 0.25) is 0 Å². The maximum absolute atomic E-state index is 11.7. The summed E-state index contributed by atoms with van der Waals surface area (Å²) in [5, 5.41) is 0. The van der Waals surface area contributed by atoms with Gasteiger partial charge in [-0.1, -0.05) is 20.8 Å². The molecule has 0 N–H and O–H groups in total. The van der Waals surface area contributed by atoms with Crippen molar-refractivity contribution >= 4 is 5.91 Å². The minimum absolute atomic E-state index is 0.349. The molecular weight excluding hydrogens is 162 g/mol. The topological polar surface area (TPSA) is 20.3 Å². The highest BCUT2D eigenvalue weighted by Gasteiger charge is 2.20. The smallest absolute Gasteiger partial charge is 0.222 e. The average molecular weight is 183 g/mol. The predicted molar refractivity (Wildman–Crippen MR) is 54.4 cm³/mol. The lowest BCUT2D eigenvalue weighted by atomic mass is 9.99. The van der Waals surface area contributed by atoms with Gasteiger partial charge in [0.05, 0.1) is 0 Å². The van der Waals surface area contributed by atoms with Crippen molar-refractivity contribution < 1.29 is 4.79 Å². The van der Waals surface area contributed by atoms with Crippen LogP contribution in [0.25, 0.3) is 0 Å². The molecule has 1 aliphatic rings. The summed E-state index contributed by atoms with van der Waals surface area (Å²) >= 11 is 0. The van der Waals surface area contributed by atoms with E-state index in [-0.39, 0.29) is 0 Å². The van der Waals surface area contributed by atoms with E-state index in [1.807, 2.05) is 4.90 Å². The predicted octanol–water partition coefficient (Wildman–Crippen LogP) is 2.29. The molecular formula is C11H21NO. The SMILES string of the molecule is CC(C)CC(=O)N1CCC[C@H](C)C1. The molecule has 13 heavy (non-hydrogen) atoms. The number of rotatable bonds is 2. The summed E-state index contributed by atoms with van der Waals surface area (Å²) in [6.07, 6.45) is 3.18. The first-order valence-electron chi connectivity index (χ1n) is 5.37. The molecule has 1 amide bonds. The minimum Gasteiger partial charge on any atom is -0.342 e. The van der Waals surface area contributed by atoms with Gasteiger partial charge >= 0.3 is 0 Å². The van der Waals surface area contributed by atoms with Gasteiger partial charge in [0.1, 0.15) is 0 Å². The zero-order chi connectivity index (χ0) is 9.84. The van der Waals surface area contributed by atoms with Crippen LogP contribution in [0.4, 0.5) is 0 Å². The van der Waals surface area contributed by atoms with Crippen LogP contribution >= 0.6 is 0 Å². The summed E-state index contributed by atoms with van der Waals surface area (Å²) in [5.74, 6) is 1.54. The molecule has 1 atom stereocenters. The lowest BCUT2D eigenvalue weighted by Gasteiger charge is -2.31. The van der Waals surface area contributed by atoms with Gasteiger partial charge in [0.15, 0.2) is 0 Å². The van der Waals surface area contributed by atoms with Gasteiger partial charge in [-0.2, -0.15) is 0 Å². The fourth-order valence-corrected chi connectivity index (χ4v) is 1.89. The molecule has 1 aliphatic heterocycles. The highest BCUT2D eigenvalue weighted by atomic mass is 16.2. The van der Waals surface area contributed by atoms with Gasteiger partial charge in [-0.25, -0.2) is 0 Å². The number of piperidine rings is 1. The second kappa shape index (κ2) is 4.64. The number of hydrogen-bond donors (Lipinski definition) is 0. The molecule has 2 nitrogen and oxygen atoms in total. The Balaban J connectivity index is 2.37. The second-order valence-electron chi connectivity index (χ2n) is 4.69. The Bertz CT molecular complexity index is 177. The maximum Gasteiger partial charge on any atom is 0.222 e. The van der Waals surface area contributed by atoms with Gasteiger partial charge in [-0.05, 0) is 24.7 Å². The van der Waals surface area contributed by atoms with Crippen molar-refractivity contribution in [2.24, 2.45) is 11.8 Å². The quantitative estimate of drug-likeness (QED) is 0.643. The third-order valence-corrected chi connectivity index (χ3v) is 2.59. The third-order valence-electron chi connectivity index (χ3n) is 2.59. The molecule has 1 fully saturated rings. The standard InChI is InChI=1S/C11H21NO/c1-9(2)7-11(13)12-6-4-5-10(3)8-12/h9-10H,4-8H2,1-3H3/t10-/m0/s1. The maximum atomic E-state index is 11.7. The van der Waals surface area contributed by atoms with Crippen molar-refractivity contribution in [2.45, 2.75) is 40.0 Å². The van der Waals surface area contributed by atoms with Crippen LogP contribution in [-0.4, -0.2) is 23.9 Å².